The fourth-order valence-corrected chi connectivity index (χ4v) is 3.55. The third kappa shape index (κ3) is 3.74. The number of thioether (sulfide) groups is 1. The zero-order chi connectivity index (χ0) is 16.2. The van der Waals surface area contributed by atoms with Crippen LogP contribution >= 0.6 is 23.4 Å². The lowest BCUT2D eigenvalue weighted by atomic mass is 10.2. The Balaban J connectivity index is 1.79. The maximum atomic E-state index is 13.9. The van der Waals surface area contributed by atoms with Gasteiger partial charge in [-0.1, -0.05) is 59.8 Å². The molecule has 0 aliphatic heterocycles. The monoisotopic (exact) mass is 347 g/mol. The average molecular weight is 348 g/mol. The fraction of sp³-hybridized carbons (Fsp3) is 0.176. The van der Waals surface area contributed by atoms with Gasteiger partial charge in [-0.15, -0.1) is 10.2 Å². The number of hydrogen-bond acceptors (Lipinski definition) is 3. The van der Waals surface area contributed by atoms with Gasteiger partial charge in [0.25, 0.3) is 0 Å². The summed E-state index contributed by atoms with van der Waals surface area (Å²) in [6, 6.07) is 14.8. The molecular weight excluding hydrogens is 333 g/mol. The Hall–Kier alpha value is -1.85. The highest BCUT2D eigenvalue weighted by Crippen LogP contribution is 2.28. The van der Waals surface area contributed by atoms with Crippen LogP contribution in [0.2, 0.25) is 5.02 Å². The van der Waals surface area contributed by atoms with Crippen LogP contribution in [-0.4, -0.2) is 14.8 Å². The Bertz CT molecular complexity index is 785. The minimum atomic E-state index is -0.296. The Labute approximate surface area is 143 Å². The normalized spacial score (nSPS) is 10.9. The van der Waals surface area contributed by atoms with Gasteiger partial charge in [0.05, 0.1) is 6.54 Å². The highest BCUT2D eigenvalue weighted by Gasteiger charge is 2.13. The quantitative estimate of drug-likeness (QED) is 0.626. The molecule has 2 aromatic carbocycles. The zero-order valence-corrected chi connectivity index (χ0v) is 14.1. The number of aromatic nitrogens is 3. The van der Waals surface area contributed by atoms with Crippen molar-refractivity contribution in [2.45, 2.75) is 24.4 Å². The molecule has 0 amide bonds. The molecule has 6 heteroatoms. The van der Waals surface area contributed by atoms with Gasteiger partial charge in [0.1, 0.15) is 11.6 Å². The Kier molecular flexibility index (Phi) is 4.98. The number of benzene rings is 2. The number of nitrogens with zero attached hydrogens (tertiary/aromatic N) is 3. The number of halogens is 2. The molecular formula is C17H15ClFN3S. The molecule has 0 aliphatic rings. The van der Waals surface area contributed by atoms with E-state index in [4.69, 9.17) is 11.6 Å². The first-order valence-corrected chi connectivity index (χ1v) is 8.51. The molecule has 0 radical (unpaired) electrons. The number of aryl methyl sites for hydroxylation is 1. The maximum absolute atomic E-state index is 13.9. The minimum Gasteiger partial charge on any atom is -0.302 e. The molecule has 23 heavy (non-hydrogen) atoms. The van der Waals surface area contributed by atoms with Crippen LogP contribution in [0.15, 0.2) is 53.7 Å². The molecule has 0 N–H and O–H groups in total. The molecule has 0 fully saturated rings. The Morgan fingerprint density at radius 3 is 2.61 bits per heavy atom. The van der Waals surface area contributed by atoms with E-state index in [1.54, 1.807) is 12.1 Å². The molecule has 3 rings (SSSR count). The first-order chi connectivity index (χ1) is 11.1. The van der Waals surface area contributed by atoms with E-state index in [0.29, 0.717) is 22.9 Å². The van der Waals surface area contributed by atoms with Crippen LogP contribution in [0.1, 0.15) is 17.0 Å². The van der Waals surface area contributed by atoms with E-state index in [1.165, 1.54) is 23.4 Å². The second-order valence-corrected chi connectivity index (χ2v) is 6.44. The molecule has 118 valence electrons. The lowest BCUT2D eigenvalue weighted by Crippen LogP contribution is -2.04. The summed E-state index contributed by atoms with van der Waals surface area (Å²) in [6.45, 7) is 2.60. The van der Waals surface area contributed by atoms with Gasteiger partial charge in [0, 0.05) is 16.3 Å². The molecule has 0 bridgehead atoms. The first-order valence-electron chi connectivity index (χ1n) is 7.14. The molecule has 1 heterocycles. The fourth-order valence-electron chi connectivity index (χ4n) is 2.22. The van der Waals surface area contributed by atoms with Crippen LogP contribution in [0, 0.1) is 12.7 Å². The van der Waals surface area contributed by atoms with Gasteiger partial charge in [-0.05, 0) is 24.6 Å². The third-order valence-electron chi connectivity index (χ3n) is 3.49. The van der Waals surface area contributed by atoms with Crippen LogP contribution in [0.4, 0.5) is 4.39 Å². The van der Waals surface area contributed by atoms with E-state index in [0.717, 1.165) is 11.0 Å². The van der Waals surface area contributed by atoms with Crippen molar-refractivity contribution in [2.75, 3.05) is 0 Å². The number of rotatable bonds is 5. The smallest absolute Gasteiger partial charge is 0.191 e. The van der Waals surface area contributed by atoms with Crippen LogP contribution in [0.5, 0.6) is 0 Å². The van der Waals surface area contributed by atoms with E-state index < -0.39 is 0 Å². The van der Waals surface area contributed by atoms with E-state index >= 15 is 0 Å². The Morgan fingerprint density at radius 2 is 1.87 bits per heavy atom. The molecule has 0 saturated carbocycles. The summed E-state index contributed by atoms with van der Waals surface area (Å²) in [5.74, 6) is 0.949. The summed E-state index contributed by atoms with van der Waals surface area (Å²) in [5, 5.41) is 9.52. The second-order valence-electron chi connectivity index (χ2n) is 5.09. The summed E-state index contributed by atoms with van der Waals surface area (Å²) in [6.07, 6.45) is 0. The van der Waals surface area contributed by atoms with Crippen molar-refractivity contribution in [3.63, 3.8) is 0 Å². The van der Waals surface area contributed by atoms with E-state index in [2.05, 4.69) is 22.3 Å². The molecule has 3 nitrogen and oxygen atoms in total. The van der Waals surface area contributed by atoms with Gasteiger partial charge in [-0.3, -0.25) is 0 Å². The molecule has 0 aliphatic carbocycles. The molecule has 3 aromatic rings. The predicted octanol–water partition coefficient (Wildman–Crippen LogP) is 4.72. The van der Waals surface area contributed by atoms with Gasteiger partial charge in [0.15, 0.2) is 5.16 Å². The van der Waals surface area contributed by atoms with Gasteiger partial charge < -0.3 is 4.57 Å². The van der Waals surface area contributed by atoms with Crippen LogP contribution in [-0.2, 0) is 12.3 Å². The van der Waals surface area contributed by atoms with Gasteiger partial charge >= 0.3 is 0 Å². The van der Waals surface area contributed by atoms with Gasteiger partial charge in [-0.2, -0.15) is 0 Å². The van der Waals surface area contributed by atoms with E-state index in [9.17, 15) is 4.39 Å². The largest absolute Gasteiger partial charge is 0.302 e. The second kappa shape index (κ2) is 7.15. The van der Waals surface area contributed by atoms with Crippen molar-refractivity contribution in [3.05, 3.63) is 76.3 Å². The van der Waals surface area contributed by atoms with Crippen LogP contribution in [0.25, 0.3) is 0 Å². The predicted molar refractivity (Wildman–Crippen MR) is 91.3 cm³/mol. The number of hydrogen-bond donors (Lipinski definition) is 0. The lowest BCUT2D eigenvalue weighted by Gasteiger charge is -2.09. The van der Waals surface area contributed by atoms with Crippen molar-refractivity contribution >= 4 is 23.4 Å². The van der Waals surface area contributed by atoms with Gasteiger partial charge in [0.2, 0.25) is 0 Å². The maximum Gasteiger partial charge on any atom is 0.191 e. The highest BCUT2D eigenvalue weighted by atomic mass is 35.5. The third-order valence-corrected chi connectivity index (χ3v) is 4.84. The molecule has 0 unspecified atom stereocenters. The molecule has 0 atom stereocenters. The topological polar surface area (TPSA) is 30.7 Å². The summed E-state index contributed by atoms with van der Waals surface area (Å²) in [7, 11) is 0. The molecule has 1 aromatic heterocycles. The summed E-state index contributed by atoms with van der Waals surface area (Å²) < 4.78 is 15.9. The highest BCUT2D eigenvalue weighted by molar-refractivity contribution is 7.98. The van der Waals surface area contributed by atoms with Crippen molar-refractivity contribution in [3.8, 4) is 0 Å². The summed E-state index contributed by atoms with van der Waals surface area (Å²) in [5.41, 5.74) is 1.66. The lowest BCUT2D eigenvalue weighted by molar-refractivity contribution is 0.617. The van der Waals surface area contributed by atoms with Crippen LogP contribution < -0.4 is 0 Å². The first kappa shape index (κ1) is 16.0. The van der Waals surface area contributed by atoms with Crippen LogP contribution in [0.3, 0.4) is 0 Å². The van der Waals surface area contributed by atoms with Gasteiger partial charge in [-0.25, -0.2) is 4.39 Å². The van der Waals surface area contributed by atoms with E-state index in [1.807, 2.05) is 29.7 Å². The van der Waals surface area contributed by atoms with Crippen molar-refractivity contribution < 1.29 is 4.39 Å². The summed E-state index contributed by atoms with van der Waals surface area (Å²) in [4.78, 5) is 0. The standard InChI is InChI=1S/C17H15ClFN3S/c1-12-20-21-17(22(12)10-13-6-3-2-4-7-13)23-11-14-15(18)8-5-9-16(14)19/h2-9H,10-11H2,1H3. The van der Waals surface area contributed by atoms with E-state index in [-0.39, 0.29) is 5.82 Å². The zero-order valence-electron chi connectivity index (χ0n) is 12.5. The summed E-state index contributed by atoms with van der Waals surface area (Å²) >= 11 is 7.51. The minimum absolute atomic E-state index is 0.296. The van der Waals surface area contributed by atoms with Crippen molar-refractivity contribution in [2.24, 2.45) is 0 Å². The van der Waals surface area contributed by atoms with Crippen molar-refractivity contribution in [1.82, 2.24) is 14.8 Å². The molecule has 0 saturated heterocycles. The Morgan fingerprint density at radius 1 is 1.09 bits per heavy atom. The van der Waals surface area contributed by atoms with Crippen molar-refractivity contribution in [1.29, 1.82) is 0 Å². The average Bonchev–Trinajstić information content (AvgIpc) is 2.89. The SMILES string of the molecule is Cc1nnc(SCc2c(F)cccc2Cl)n1Cc1ccccc1. The molecule has 0 spiro atoms.